The molecule has 0 unspecified atom stereocenters. The van der Waals surface area contributed by atoms with Gasteiger partial charge in [-0.1, -0.05) is 0 Å². The van der Waals surface area contributed by atoms with Gasteiger partial charge in [0.1, 0.15) is 5.52 Å². The predicted octanol–water partition coefficient (Wildman–Crippen LogP) is 2.43. The van der Waals surface area contributed by atoms with Gasteiger partial charge in [-0.3, -0.25) is 4.79 Å². The van der Waals surface area contributed by atoms with Crippen LogP contribution < -0.4 is 5.56 Å². The highest BCUT2D eigenvalue weighted by Gasteiger charge is 2.12. The summed E-state index contributed by atoms with van der Waals surface area (Å²) in [5.74, 6) is -0.502. The lowest BCUT2D eigenvalue weighted by Gasteiger charge is -2.01. The molecule has 1 N–H and O–H groups in total. The zero-order valence-corrected chi connectivity index (χ0v) is 10.4. The maximum Gasteiger partial charge on any atom is 0.258 e. The summed E-state index contributed by atoms with van der Waals surface area (Å²) in [4.78, 5) is 17.5. The smallest absolute Gasteiger partial charge is 0.258 e. The van der Waals surface area contributed by atoms with Crippen molar-refractivity contribution in [1.29, 1.82) is 0 Å². The van der Waals surface area contributed by atoms with E-state index in [-0.39, 0.29) is 16.5 Å². The number of aromatic nitrogens is 2. The van der Waals surface area contributed by atoms with E-state index in [0.29, 0.717) is 8.04 Å². The van der Waals surface area contributed by atoms with E-state index in [9.17, 15) is 9.18 Å². The third kappa shape index (κ3) is 1.46. The number of nitrogens with one attached hydrogen (secondary N) is 1. The highest BCUT2D eigenvalue weighted by Crippen LogP contribution is 2.26. The molecular weight excluding hydrogens is 366 g/mol. The first-order chi connectivity index (χ1) is 6.61. The molecule has 0 spiro atoms. The minimum Gasteiger partial charge on any atom is -0.313 e. The van der Waals surface area contributed by atoms with Gasteiger partial charge >= 0.3 is 0 Å². The summed E-state index contributed by atoms with van der Waals surface area (Å²) in [5, 5.41) is 0.262. The first kappa shape index (κ1) is 10.0. The van der Waals surface area contributed by atoms with E-state index in [1.54, 1.807) is 6.07 Å². The normalized spacial score (nSPS) is 10.8. The molecule has 0 saturated heterocycles. The van der Waals surface area contributed by atoms with Gasteiger partial charge in [-0.2, -0.15) is 0 Å². The van der Waals surface area contributed by atoms with E-state index < -0.39 is 5.82 Å². The largest absolute Gasteiger partial charge is 0.313 e. The number of nitrogens with zero attached hydrogens (tertiary/aromatic N) is 1. The molecule has 0 bridgehead atoms. The van der Waals surface area contributed by atoms with Crippen LogP contribution in [-0.4, -0.2) is 9.97 Å². The van der Waals surface area contributed by atoms with Crippen molar-refractivity contribution < 1.29 is 4.39 Å². The summed E-state index contributed by atoms with van der Waals surface area (Å²) in [6, 6.07) is 1.59. The molecule has 3 nitrogen and oxygen atoms in total. The van der Waals surface area contributed by atoms with Gasteiger partial charge in [0.25, 0.3) is 5.56 Å². The maximum atomic E-state index is 13.6. The lowest BCUT2D eigenvalue weighted by Crippen LogP contribution is -2.07. The fourth-order valence-electron chi connectivity index (χ4n) is 1.12. The quantitative estimate of drug-likeness (QED) is 0.573. The molecule has 1 aromatic carbocycles. The molecule has 0 aliphatic carbocycles. The Hall–Kier alpha value is -0.500. The second kappa shape index (κ2) is 3.58. The van der Waals surface area contributed by atoms with Gasteiger partial charge < -0.3 is 4.98 Å². The summed E-state index contributed by atoms with van der Waals surface area (Å²) in [6.45, 7) is 0. The fraction of sp³-hybridized carbons (Fsp3) is 0. The molecule has 14 heavy (non-hydrogen) atoms. The number of hydrogen-bond donors (Lipinski definition) is 1. The molecule has 0 saturated carbocycles. The van der Waals surface area contributed by atoms with Crippen LogP contribution in [0.5, 0.6) is 0 Å². The van der Waals surface area contributed by atoms with E-state index in [4.69, 9.17) is 0 Å². The highest BCUT2D eigenvalue weighted by molar-refractivity contribution is 14.1. The zero-order valence-electron chi connectivity index (χ0n) is 6.64. The first-order valence-corrected chi connectivity index (χ1v) is 5.49. The molecule has 0 aliphatic rings. The first-order valence-electron chi connectivity index (χ1n) is 3.62. The van der Waals surface area contributed by atoms with E-state index in [1.807, 2.05) is 22.6 Å². The van der Waals surface area contributed by atoms with Crippen LogP contribution in [-0.2, 0) is 0 Å². The summed E-state index contributed by atoms with van der Waals surface area (Å²) in [6.07, 6.45) is 1.19. The molecule has 72 valence electrons. The molecule has 2 rings (SSSR count). The molecule has 6 heteroatoms. The highest BCUT2D eigenvalue weighted by atomic mass is 127. The Bertz CT molecular complexity index is 569. The number of hydrogen-bond acceptors (Lipinski definition) is 2. The van der Waals surface area contributed by atoms with Crippen molar-refractivity contribution in [3.8, 4) is 0 Å². The molecule has 0 aliphatic heterocycles. The van der Waals surface area contributed by atoms with E-state index in [2.05, 4.69) is 25.9 Å². The Morgan fingerprint density at radius 3 is 3.00 bits per heavy atom. The SMILES string of the molecule is O=c1[nH]cnc2c(F)c(Br)c(I)cc12. The molecule has 0 amide bonds. The number of halogens is 3. The maximum absolute atomic E-state index is 13.6. The van der Waals surface area contributed by atoms with Crippen LogP contribution in [0.3, 0.4) is 0 Å². The van der Waals surface area contributed by atoms with E-state index in [1.165, 1.54) is 6.33 Å². The molecule has 1 heterocycles. The number of aromatic amines is 1. The monoisotopic (exact) mass is 368 g/mol. The summed E-state index contributed by atoms with van der Waals surface area (Å²) in [7, 11) is 0. The second-order valence-corrected chi connectivity index (χ2v) is 4.57. The molecule has 0 atom stereocenters. The van der Waals surface area contributed by atoms with Crippen LogP contribution in [0.4, 0.5) is 4.39 Å². The molecule has 0 fully saturated rings. The van der Waals surface area contributed by atoms with Gasteiger partial charge in [-0.05, 0) is 44.6 Å². The Morgan fingerprint density at radius 1 is 1.57 bits per heavy atom. The van der Waals surface area contributed by atoms with Crippen molar-refractivity contribution in [2.24, 2.45) is 0 Å². The topological polar surface area (TPSA) is 45.8 Å². The van der Waals surface area contributed by atoms with Crippen LogP contribution in [0.15, 0.2) is 21.7 Å². The minimum atomic E-state index is -0.502. The third-order valence-corrected chi connectivity index (χ3v) is 4.14. The van der Waals surface area contributed by atoms with Gasteiger partial charge in [0.05, 0.1) is 16.2 Å². The van der Waals surface area contributed by atoms with E-state index >= 15 is 0 Å². The number of rotatable bonds is 0. The lowest BCUT2D eigenvalue weighted by molar-refractivity contribution is 0.628. The molecule has 0 radical (unpaired) electrons. The van der Waals surface area contributed by atoms with Crippen molar-refractivity contribution in [2.75, 3.05) is 0 Å². The second-order valence-electron chi connectivity index (χ2n) is 2.61. The Labute approximate surface area is 100 Å². The third-order valence-electron chi connectivity index (χ3n) is 1.77. The standard InChI is InChI=1S/C8H3BrFIN2O/c9-5-4(11)1-3-7(6(5)10)12-2-13-8(3)14/h1-2H,(H,12,13,14). The van der Waals surface area contributed by atoms with Crippen molar-refractivity contribution in [2.45, 2.75) is 0 Å². The Balaban J connectivity index is 3.06. The van der Waals surface area contributed by atoms with Crippen LogP contribution >= 0.6 is 38.5 Å². The van der Waals surface area contributed by atoms with Crippen molar-refractivity contribution in [1.82, 2.24) is 9.97 Å². The number of fused-ring (bicyclic) bond motifs is 1. The zero-order chi connectivity index (χ0) is 10.3. The minimum absolute atomic E-state index is 0.0843. The van der Waals surface area contributed by atoms with Crippen molar-refractivity contribution in [3.63, 3.8) is 0 Å². The summed E-state index contributed by atoms with van der Waals surface area (Å²) >= 11 is 5.04. The van der Waals surface area contributed by atoms with Gasteiger partial charge in [0.2, 0.25) is 0 Å². The fourth-order valence-corrected chi connectivity index (χ4v) is 1.97. The average molecular weight is 369 g/mol. The Kier molecular flexibility index (Phi) is 2.56. The van der Waals surface area contributed by atoms with Gasteiger partial charge in [-0.25, -0.2) is 9.37 Å². The van der Waals surface area contributed by atoms with Crippen LogP contribution in [0.2, 0.25) is 0 Å². The van der Waals surface area contributed by atoms with Gasteiger partial charge in [0.15, 0.2) is 5.82 Å². The number of H-pyrrole nitrogens is 1. The number of benzene rings is 1. The Morgan fingerprint density at radius 2 is 2.29 bits per heavy atom. The van der Waals surface area contributed by atoms with E-state index in [0.717, 1.165) is 0 Å². The molecular formula is C8H3BrFIN2O. The van der Waals surface area contributed by atoms with Gasteiger partial charge in [-0.15, -0.1) is 0 Å². The summed E-state index contributed by atoms with van der Waals surface area (Å²) in [5.41, 5.74) is -0.250. The molecule has 2 aromatic rings. The average Bonchev–Trinajstić information content (AvgIpc) is 2.17. The summed E-state index contributed by atoms with van der Waals surface area (Å²) < 4.78 is 14.6. The van der Waals surface area contributed by atoms with Crippen LogP contribution in [0.25, 0.3) is 10.9 Å². The predicted molar refractivity (Wildman–Crippen MR) is 62.7 cm³/mol. The van der Waals surface area contributed by atoms with Crippen LogP contribution in [0.1, 0.15) is 0 Å². The van der Waals surface area contributed by atoms with Crippen molar-refractivity contribution >= 4 is 49.4 Å². The van der Waals surface area contributed by atoms with Crippen molar-refractivity contribution in [3.05, 3.63) is 36.6 Å². The van der Waals surface area contributed by atoms with Crippen LogP contribution in [0, 0.1) is 9.39 Å². The lowest BCUT2D eigenvalue weighted by atomic mass is 10.2. The van der Waals surface area contributed by atoms with Gasteiger partial charge in [0, 0.05) is 3.57 Å². The molecule has 1 aromatic heterocycles.